The van der Waals surface area contributed by atoms with E-state index in [1.807, 2.05) is 58.6 Å². The second-order valence-electron chi connectivity index (χ2n) is 10.7. The van der Waals surface area contributed by atoms with Crippen LogP contribution in [0.5, 0.6) is 0 Å². The van der Waals surface area contributed by atoms with Gasteiger partial charge in [-0.3, -0.25) is 4.68 Å². The number of imidazole rings is 1. The van der Waals surface area contributed by atoms with E-state index in [9.17, 15) is 4.79 Å². The second kappa shape index (κ2) is 9.08. The van der Waals surface area contributed by atoms with Crippen LogP contribution in [-0.2, 0) is 18.2 Å². The fourth-order valence-corrected chi connectivity index (χ4v) is 5.14. The van der Waals surface area contributed by atoms with Crippen LogP contribution in [0, 0.1) is 13.8 Å². The number of ether oxygens (including phenoxy) is 1. The van der Waals surface area contributed by atoms with Gasteiger partial charge in [0.2, 0.25) is 0 Å². The first-order valence-corrected chi connectivity index (χ1v) is 12.6. The van der Waals surface area contributed by atoms with Gasteiger partial charge in [0, 0.05) is 24.5 Å². The van der Waals surface area contributed by atoms with Gasteiger partial charge in [0.05, 0.1) is 22.8 Å². The average molecular weight is 487 g/mol. The van der Waals surface area contributed by atoms with Gasteiger partial charge in [0.25, 0.3) is 0 Å². The van der Waals surface area contributed by atoms with E-state index >= 15 is 0 Å². The predicted octanol–water partition coefficient (Wildman–Crippen LogP) is 5.93. The molecule has 1 aromatic carbocycles. The molecule has 8 nitrogen and oxygen atoms in total. The molecule has 4 aromatic rings. The molecule has 0 saturated carbocycles. The first-order valence-electron chi connectivity index (χ1n) is 12.6. The van der Waals surface area contributed by atoms with Crippen molar-refractivity contribution in [2.75, 3.05) is 0 Å². The summed E-state index contributed by atoms with van der Waals surface area (Å²) in [4.78, 5) is 25.3. The molecule has 1 unspecified atom stereocenters. The third kappa shape index (κ3) is 4.59. The standard InChI is InChI=1S/C28H34N6O2/c1-16-23(17(2)34(6)33-16)25-31-24-21(13-14-29-26(24)32-25)19-11-12-20-18(15-19)9-7-8-10-22(20)30-27(35)36-28(3,4)5/h11-15,22H,7-10H2,1-6H3,(H,30,35)(H,29,31,32). The van der Waals surface area contributed by atoms with Gasteiger partial charge in [0.15, 0.2) is 5.65 Å². The summed E-state index contributed by atoms with van der Waals surface area (Å²) >= 11 is 0. The summed E-state index contributed by atoms with van der Waals surface area (Å²) in [5.74, 6) is 0.782. The summed E-state index contributed by atoms with van der Waals surface area (Å²) in [6, 6.07) is 8.50. The zero-order chi connectivity index (χ0) is 25.6. The van der Waals surface area contributed by atoms with Gasteiger partial charge in [-0.05, 0) is 76.6 Å². The summed E-state index contributed by atoms with van der Waals surface area (Å²) in [5, 5.41) is 7.64. The van der Waals surface area contributed by atoms with E-state index in [0.717, 1.165) is 65.1 Å². The third-order valence-electron chi connectivity index (χ3n) is 6.85. The van der Waals surface area contributed by atoms with Crippen molar-refractivity contribution in [2.45, 2.75) is 71.9 Å². The maximum Gasteiger partial charge on any atom is 0.408 e. The monoisotopic (exact) mass is 486 g/mol. The van der Waals surface area contributed by atoms with Gasteiger partial charge in [-0.15, -0.1) is 0 Å². The van der Waals surface area contributed by atoms with Crippen LogP contribution in [0.15, 0.2) is 30.5 Å². The van der Waals surface area contributed by atoms with Gasteiger partial charge in [-0.25, -0.2) is 14.8 Å². The van der Waals surface area contributed by atoms with E-state index in [1.165, 1.54) is 11.1 Å². The number of nitrogens with one attached hydrogen (secondary N) is 2. The maximum absolute atomic E-state index is 12.5. The highest BCUT2D eigenvalue weighted by molar-refractivity contribution is 5.92. The lowest BCUT2D eigenvalue weighted by Gasteiger charge is -2.24. The number of carbonyl (C=O) groups excluding carboxylic acids is 1. The van der Waals surface area contributed by atoms with Crippen molar-refractivity contribution in [3.05, 3.63) is 53.0 Å². The molecule has 3 aromatic heterocycles. The topological polar surface area (TPSA) is 97.7 Å². The molecule has 0 fully saturated rings. The molecule has 0 aliphatic heterocycles. The molecule has 0 spiro atoms. The number of carbonyl (C=O) groups is 1. The van der Waals surface area contributed by atoms with E-state index in [0.29, 0.717) is 5.65 Å². The SMILES string of the molecule is Cc1nn(C)c(C)c1-c1nc2nccc(-c3ccc4c(c3)CCCCC4NC(=O)OC(C)(C)C)c2[nH]1. The molecule has 1 aliphatic carbocycles. The largest absolute Gasteiger partial charge is 0.444 e. The molecule has 8 heteroatoms. The number of nitrogens with zero attached hydrogens (tertiary/aromatic N) is 4. The minimum absolute atomic E-state index is 0.0563. The fourth-order valence-electron chi connectivity index (χ4n) is 5.14. The maximum atomic E-state index is 12.5. The van der Waals surface area contributed by atoms with Crippen LogP contribution in [0.25, 0.3) is 33.7 Å². The van der Waals surface area contributed by atoms with Crippen LogP contribution in [0.1, 0.15) is 68.6 Å². The Kier molecular flexibility index (Phi) is 6.06. The fraction of sp³-hybridized carbons (Fsp3) is 0.429. The number of aryl methyl sites for hydroxylation is 3. The Morgan fingerprint density at radius 2 is 2.00 bits per heavy atom. The molecule has 36 heavy (non-hydrogen) atoms. The van der Waals surface area contributed by atoms with Crippen molar-refractivity contribution in [3.8, 4) is 22.5 Å². The number of hydrogen-bond acceptors (Lipinski definition) is 5. The molecular weight excluding hydrogens is 452 g/mol. The number of alkyl carbamates (subject to hydrolysis) is 1. The van der Waals surface area contributed by atoms with Crippen LogP contribution in [0.2, 0.25) is 0 Å². The minimum Gasteiger partial charge on any atom is -0.444 e. The van der Waals surface area contributed by atoms with Gasteiger partial charge in [0.1, 0.15) is 11.4 Å². The van der Waals surface area contributed by atoms with E-state index in [4.69, 9.17) is 9.72 Å². The smallest absolute Gasteiger partial charge is 0.408 e. The lowest BCUT2D eigenvalue weighted by atomic mass is 9.94. The van der Waals surface area contributed by atoms with Crippen LogP contribution in [0.3, 0.4) is 0 Å². The lowest BCUT2D eigenvalue weighted by molar-refractivity contribution is 0.0501. The summed E-state index contributed by atoms with van der Waals surface area (Å²) in [5.41, 5.74) is 8.66. The number of aromatic nitrogens is 5. The van der Waals surface area contributed by atoms with E-state index in [2.05, 4.69) is 38.6 Å². The van der Waals surface area contributed by atoms with Crippen molar-refractivity contribution >= 4 is 17.3 Å². The molecule has 2 N–H and O–H groups in total. The van der Waals surface area contributed by atoms with Gasteiger partial charge in [-0.1, -0.05) is 24.6 Å². The number of hydrogen-bond donors (Lipinski definition) is 2. The number of H-pyrrole nitrogens is 1. The highest BCUT2D eigenvalue weighted by atomic mass is 16.6. The van der Waals surface area contributed by atoms with Crippen molar-refractivity contribution in [1.29, 1.82) is 0 Å². The molecule has 3 heterocycles. The zero-order valence-corrected chi connectivity index (χ0v) is 21.9. The molecule has 5 rings (SSSR count). The van der Waals surface area contributed by atoms with Crippen molar-refractivity contribution in [3.63, 3.8) is 0 Å². The summed E-state index contributed by atoms with van der Waals surface area (Å²) in [6.45, 7) is 9.69. The summed E-state index contributed by atoms with van der Waals surface area (Å²) in [6.07, 6.45) is 5.46. The highest BCUT2D eigenvalue weighted by Crippen LogP contribution is 2.35. The molecule has 1 amide bonds. The Labute approximate surface area is 211 Å². The van der Waals surface area contributed by atoms with Gasteiger partial charge in [-0.2, -0.15) is 5.10 Å². The van der Waals surface area contributed by atoms with E-state index < -0.39 is 5.60 Å². The quantitative estimate of drug-likeness (QED) is 0.350. The highest BCUT2D eigenvalue weighted by Gasteiger charge is 2.24. The number of benzene rings is 1. The Bertz CT molecular complexity index is 1440. The second-order valence-corrected chi connectivity index (χ2v) is 10.7. The normalized spacial score (nSPS) is 16.0. The molecule has 0 radical (unpaired) electrons. The summed E-state index contributed by atoms with van der Waals surface area (Å²) in [7, 11) is 1.94. The molecule has 1 atom stereocenters. The minimum atomic E-state index is -0.524. The number of pyridine rings is 1. The van der Waals surface area contributed by atoms with Crippen molar-refractivity contribution in [1.82, 2.24) is 30.0 Å². The number of fused-ring (bicyclic) bond motifs is 2. The Morgan fingerprint density at radius 3 is 2.72 bits per heavy atom. The zero-order valence-electron chi connectivity index (χ0n) is 21.9. The third-order valence-corrected chi connectivity index (χ3v) is 6.85. The molecule has 0 saturated heterocycles. The van der Waals surface area contributed by atoms with Crippen molar-refractivity contribution < 1.29 is 9.53 Å². The first-order chi connectivity index (χ1) is 17.1. The first kappa shape index (κ1) is 24.0. The van der Waals surface area contributed by atoms with E-state index in [-0.39, 0.29) is 12.1 Å². The summed E-state index contributed by atoms with van der Waals surface area (Å²) < 4.78 is 7.40. The molecular formula is C28H34N6O2. The van der Waals surface area contributed by atoms with Crippen LogP contribution >= 0.6 is 0 Å². The van der Waals surface area contributed by atoms with Gasteiger partial charge >= 0.3 is 6.09 Å². The Morgan fingerprint density at radius 1 is 1.19 bits per heavy atom. The number of amides is 1. The molecule has 1 aliphatic rings. The lowest BCUT2D eigenvalue weighted by Crippen LogP contribution is -2.35. The predicted molar refractivity (Wildman–Crippen MR) is 141 cm³/mol. The van der Waals surface area contributed by atoms with E-state index in [1.54, 1.807) is 0 Å². The molecule has 188 valence electrons. The van der Waals surface area contributed by atoms with Crippen molar-refractivity contribution in [2.24, 2.45) is 7.05 Å². The Hall–Kier alpha value is -3.68. The molecule has 0 bridgehead atoms. The number of rotatable bonds is 3. The average Bonchev–Trinajstić information content (AvgIpc) is 3.26. The Balaban J connectivity index is 1.51. The van der Waals surface area contributed by atoms with Crippen LogP contribution in [0.4, 0.5) is 4.79 Å². The van der Waals surface area contributed by atoms with Crippen LogP contribution in [-0.4, -0.2) is 36.4 Å². The van der Waals surface area contributed by atoms with Crippen LogP contribution < -0.4 is 5.32 Å². The number of aromatic amines is 1. The van der Waals surface area contributed by atoms with Gasteiger partial charge < -0.3 is 15.0 Å².